The molecule has 140 valence electrons. The summed E-state index contributed by atoms with van der Waals surface area (Å²) in [6.07, 6.45) is 4.79. The highest BCUT2D eigenvalue weighted by molar-refractivity contribution is 6.12. The molecule has 0 spiro atoms. The van der Waals surface area contributed by atoms with Gasteiger partial charge in [-0.2, -0.15) is 0 Å². The Labute approximate surface area is 155 Å². The number of halogens is 1. The van der Waals surface area contributed by atoms with Gasteiger partial charge in [-0.3, -0.25) is 9.89 Å². The van der Waals surface area contributed by atoms with E-state index in [0.29, 0.717) is 6.54 Å². The van der Waals surface area contributed by atoms with Crippen molar-refractivity contribution in [3.05, 3.63) is 41.6 Å². The molecule has 0 aliphatic heterocycles. The van der Waals surface area contributed by atoms with E-state index in [1.807, 2.05) is 25.5 Å². The van der Waals surface area contributed by atoms with Crippen LogP contribution in [0.25, 0.3) is 16.3 Å². The number of pyridine rings is 1. The van der Waals surface area contributed by atoms with Gasteiger partial charge in [0, 0.05) is 45.0 Å². The van der Waals surface area contributed by atoms with Gasteiger partial charge in [0.15, 0.2) is 0 Å². The van der Waals surface area contributed by atoms with E-state index in [9.17, 15) is 4.39 Å². The summed E-state index contributed by atoms with van der Waals surface area (Å²) >= 11 is 0. The van der Waals surface area contributed by atoms with Gasteiger partial charge < -0.3 is 5.32 Å². The number of alkyl halides is 1. The third kappa shape index (κ3) is 5.11. The monoisotopic (exact) mass is 356 g/mol. The molecule has 0 fully saturated rings. The van der Waals surface area contributed by atoms with Crippen molar-refractivity contribution in [1.29, 1.82) is 0 Å². The summed E-state index contributed by atoms with van der Waals surface area (Å²) in [5.74, 6) is 0.845. The van der Waals surface area contributed by atoms with Crippen LogP contribution in [-0.2, 0) is 0 Å². The molecule has 5 heteroatoms. The minimum Gasteiger partial charge on any atom is -0.373 e. The molecule has 1 heterocycles. The zero-order valence-corrected chi connectivity index (χ0v) is 16.2. The van der Waals surface area contributed by atoms with Crippen molar-refractivity contribution >= 4 is 28.4 Å². The fourth-order valence-electron chi connectivity index (χ4n) is 3.13. The maximum absolute atomic E-state index is 12.8. The van der Waals surface area contributed by atoms with Gasteiger partial charge in [0.2, 0.25) is 0 Å². The number of nitrogens with zero attached hydrogens (tertiary/aromatic N) is 3. The van der Waals surface area contributed by atoms with Crippen molar-refractivity contribution in [2.24, 2.45) is 4.99 Å². The summed E-state index contributed by atoms with van der Waals surface area (Å²) in [7, 11) is 3.65. The molecule has 4 nitrogen and oxygen atoms in total. The van der Waals surface area contributed by atoms with E-state index in [-0.39, 0.29) is 6.67 Å². The number of aromatic nitrogens is 1. The first-order valence-electron chi connectivity index (χ1n) is 9.11. The summed E-state index contributed by atoms with van der Waals surface area (Å²) in [5.41, 5.74) is 3.41. The van der Waals surface area contributed by atoms with Gasteiger partial charge in [-0.05, 0) is 54.1 Å². The van der Waals surface area contributed by atoms with Crippen LogP contribution in [0.2, 0.25) is 0 Å². The van der Waals surface area contributed by atoms with Crippen LogP contribution in [0.5, 0.6) is 0 Å². The number of allylic oxidation sites excluding steroid dienone is 1. The van der Waals surface area contributed by atoms with E-state index in [0.717, 1.165) is 47.2 Å². The maximum Gasteiger partial charge on any atom is 0.126 e. The predicted octanol–water partition coefficient (Wildman–Crippen LogP) is 4.43. The van der Waals surface area contributed by atoms with Gasteiger partial charge in [-0.25, -0.2) is 9.37 Å². The fourth-order valence-corrected chi connectivity index (χ4v) is 3.13. The molecule has 1 N–H and O–H groups in total. The van der Waals surface area contributed by atoms with Crippen molar-refractivity contribution in [3.8, 4) is 0 Å². The quantitative estimate of drug-likeness (QED) is 0.676. The Morgan fingerprint density at radius 1 is 1.27 bits per heavy atom. The molecule has 2 rings (SSSR count). The summed E-state index contributed by atoms with van der Waals surface area (Å²) in [6, 6.07) is 8.39. The SMILES string of the molecule is CCCN(CCF)C/C(C)=C(/C=NC)c1ccc2cnc(NC)cc2c1. The van der Waals surface area contributed by atoms with Gasteiger partial charge in [0.1, 0.15) is 12.5 Å². The number of rotatable bonds is 9. The van der Waals surface area contributed by atoms with Gasteiger partial charge in [-0.1, -0.05) is 19.1 Å². The lowest BCUT2D eigenvalue weighted by Gasteiger charge is -2.22. The Bertz CT molecular complexity index is 777. The molecule has 0 saturated heterocycles. The van der Waals surface area contributed by atoms with Crippen molar-refractivity contribution in [2.75, 3.05) is 45.7 Å². The predicted molar refractivity (Wildman–Crippen MR) is 111 cm³/mol. The second-order valence-corrected chi connectivity index (χ2v) is 6.43. The van der Waals surface area contributed by atoms with Crippen LogP contribution >= 0.6 is 0 Å². The number of fused-ring (bicyclic) bond motifs is 1. The van der Waals surface area contributed by atoms with Crippen LogP contribution in [0.3, 0.4) is 0 Å². The van der Waals surface area contributed by atoms with Crippen LogP contribution in [0.4, 0.5) is 10.2 Å². The topological polar surface area (TPSA) is 40.5 Å². The summed E-state index contributed by atoms with van der Waals surface area (Å²) in [6.45, 7) is 6.02. The molecule has 0 unspecified atom stereocenters. The standard InChI is InChI=1S/C21H29FN4/c1-5-9-26(10-8-22)15-16(2)20(14-23-3)17-6-7-18-13-25-21(24-4)12-19(18)11-17/h6-7,11-14H,5,8-10,15H2,1-4H3,(H,24,25)/b20-16-,23-14?. The van der Waals surface area contributed by atoms with Crippen molar-refractivity contribution in [2.45, 2.75) is 20.3 Å². The molecular formula is C21H29FN4. The number of hydrogen-bond acceptors (Lipinski definition) is 4. The molecule has 26 heavy (non-hydrogen) atoms. The molecule has 0 saturated carbocycles. The largest absolute Gasteiger partial charge is 0.373 e. The Morgan fingerprint density at radius 2 is 2.08 bits per heavy atom. The van der Waals surface area contributed by atoms with Gasteiger partial charge in [0.05, 0.1) is 0 Å². The average Bonchev–Trinajstić information content (AvgIpc) is 2.65. The van der Waals surface area contributed by atoms with Crippen LogP contribution in [0.1, 0.15) is 25.8 Å². The zero-order chi connectivity index (χ0) is 18.9. The van der Waals surface area contributed by atoms with Crippen molar-refractivity contribution in [1.82, 2.24) is 9.88 Å². The lowest BCUT2D eigenvalue weighted by atomic mass is 9.98. The normalized spacial score (nSPS) is 12.8. The molecule has 0 aliphatic carbocycles. The Balaban J connectivity index is 2.42. The van der Waals surface area contributed by atoms with E-state index < -0.39 is 0 Å². The van der Waals surface area contributed by atoms with E-state index in [4.69, 9.17) is 0 Å². The van der Waals surface area contributed by atoms with Gasteiger partial charge in [0.25, 0.3) is 0 Å². The molecular weight excluding hydrogens is 327 g/mol. The van der Waals surface area contributed by atoms with E-state index >= 15 is 0 Å². The van der Waals surface area contributed by atoms with Crippen LogP contribution in [-0.4, -0.2) is 56.5 Å². The van der Waals surface area contributed by atoms with Crippen LogP contribution in [0, 0.1) is 0 Å². The van der Waals surface area contributed by atoms with E-state index in [2.05, 4.69) is 52.2 Å². The summed E-state index contributed by atoms with van der Waals surface area (Å²) < 4.78 is 12.8. The number of nitrogens with one attached hydrogen (secondary N) is 1. The first kappa shape index (κ1) is 20.0. The van der Waals surface area contributed by atoms with Crippen molar-refractivity contribution in [3.63, 3.8) is 0 Å². The number of benzene rings is 1. The van der Waals surface area contributed by atoms with Crippen LogP contribution < -0.4 is 5.32 Å². The maximum atomic E-state index is 12.8. The Kier molecular flexibility index (Phi) is 7.73. The Morgan fingerprint density at radius 3 is 2.73 bits per heavy atom. The lowest BCUT2D eigenvalue weighted by Crippen LogP contribution is -2.29. The van der Waals surface area contributed by atoms with Crippen molar-refractivity contribution < 1.29 is 4.39 Å². The molecule has 1 aromatic heterocycles. The molecule has 0 radical (unpaired) electrons. The highest BCUT2D eigenvalue weighted by Gasteiger charge is 2.10. The highest BCUT2D eigenvalue weighted by Crippen LogP contribution is 2.24. The van der Waals surface area contributed by atoms with Gasteiger partial charge >= 0.3 is 0 Å². The molecule has 0 atom stereocenters. The summed E-state index contributed by atoms with van der Waals surface area (Å²) in [5, 5.41) is 5.31. The number of anilines is 1. The fraction of sp³-hybridized carbons (Fsp3) is 0.429. The molecule has 2 aromatic rings. The highest BCUT2D eigenvalue weighted by atomic mass is 19.1. The Hall–Kier alpha value is -2.27. The molecule has 0 amide bonds. The molecule has 0 bridgehead atoms. The third-order valence-corrected chi connectivity index (χ3v) is 4.41. The first-order valence-corrected chi connectivity index (χ1v) is 9.11. The number of aliphatic imine (C=N–C) groups is 1. The average molecular weight is 356 g/mol. The first-order chi connectivity index (χ1) is 12.6. The van der Waals surface area contributed by atoms with Gasteiger partial charge in [-0.15, -0.1) is 0 Å². The minimum atomic E-state index is -0.319. The van der Waals surface area contributed by atoms with Crippen LogP contribution in [0.15, 0.2) is 41.0 Å². The van der Waals surface area contributed by atoms with E-state index in [1.54, 1.807) is 7.05 Å². The minimum absolute atomic E-state index is 0.319. The molecule has 1 aromatic carbocycles. The zero-order valence-electron chi connectivity index (χ0n) is 16.2. The number of hydrogen-bond donors (Lipinski definition) is 1. The second-order valence-electron chi connectivity index (χ2n) is 6.43. The molecule has 0 aliphatic rings. The third-order valence-electron chi connectivity index (χ3n) is 4.41. The lowest BCUT2D eigenvalue weighted by molar-refractivity contribution is 0.266. The summed E-state index contributed by atoms with van der Waals surface area (Å²) in [4.78, 5) is 10.8. The smallest absolute Gasteiger partial charge is 0.126 e. The second kappa shape index (κ2) is 10.0. The van der Waals surface area contributed by atoms with E-state index in [1.165, 1.54) is 5.57 Å².